The Balaban J connectivity index is 1.97. The predicted octanol–water partition coefficient (Wildman–Crippen LogP) is 4.57. The number of aromatic nitrogens is 1. The van der Waals surface area contributed by atoms with Crippen LogP contribution in [-0.2, 0) is 13.2 Å². The highest BCUT2D eigenvalue weighted by Gasteiger charge is 2.13. The Kier molecular flexibility index (Phi) is 4.39. The van der Waals surface area contributed by atoms with E-state index in [1.165, 1.54) is 27.6 Å². The van der Waals surface area contributed by atoms with Crippen LogP contribution in [0.15, 0.2) is 48.7 Å². The van der Waals surface area contributed by atoms with E-state index in [-0.39, 0.29) is 0 Å². The highest BCUT2D eigenvalue weighted by Crippen LogP contribution is 2.29. The summed E-state index contributed by atoms with van der Waals surface area (Å²) in [7, 11) is 0. The summed E-state index contributed by atoms with van der Waals surface area (Å²) in [5.41, 5.74) is 10.8. The number of rotatable bonds is 5. The van der Waals surface area contributed by atoms with Gasteiger partial charge in [-0.3, -0.25) is 0 Å². The van der Waals surface area contributed by atoms with Crippen molar-refractivity contribution >= 4 is 10.9 Å². The van der Waals surface area contributed by atoms with Gasteiger partial charge in [0.1, 0.15) is 12.4 Å². The fourth-order valence-corrected chi connectivity index (χ4v) is 2.98. The van der Waals surface area contributed by atoms with Gasteiger partial charge in [-0.15, -0.1) is 0 Å². The first-order chi connectivity index (χ1) is 11.1. The molecule has 2 aromatic carbocycles. The van der Waals surface area contributed by atoms with E-state index < -0.39 is 0 Å². The van der Waals surface area contributed by atoms with E-state index in [2.05, 4.69) is 61.9 Å². The monoisotopic (exact) mass is 308 g/mol. The molecule has 0 amide bonds. The summed E-state index contributed by atoms with van der Waals surface area (Å²) in [4.78, 5) is 0. The molecule has 0 aliphatic heterocycles. The predicted molar refractivity (Wildman–Crippen MR) is 95.7 cm³/mol. The third kappa shape index (κ3) is 3.10. The van der Waals surface area contributed by atoms with E-state index in [1.54, 1.807) is 0 Å². The average molecular weight is 308 g/mol. The van der Waals surface area contributed by atoms with Crippen LogP contribution >= 0.6 is 0 Å². The molecule has 0 atom stereocenters. The largest absolute Gasteiger partial charge is 0.489 e. The minimum Gasteiger partial charge on any atom is -0.489 e. The van der Waals surface area contributed by atoms with Crippen molar-refractivity contribution in [3.05, 3.63) is 65.4 Å². The third-order valence-corrected chi connectivity index (χ3v) is 4.21. The van der Waals surface area contributed by atoms with Gasteiger partial charge in [0.2, 0.25) is 0 Å². The number of aryl methyl sites for hydroxylation is 1. The van der Waals surface area contributed by atoms with E-state index in [0.717, 1.165) is 5.75 Å². The van der Waals surface area contributed by atoms with E-state index in [9.17, 15) is 0 Å². The Bertz CT molecular complexity index is 800. The standard InChI is InChI=1S/C20H24N2O/c1-14(2)22-12-17(13-23-18-9-7-15(3)8-10-18)20-16(11-21)5-4-6-19(20)22/h4-10,12,14H,11,13,21H2,1-3H3. The molecule has 0 unspecified atom stereocenters. The number of hydrogen-bond donors (Lipinski definition) is 1. The zero-order chi connectivity index (χ0) is 16.4. The van der Waals surface area contributed by atoms with Gasteiger partial charge in [-0.1, -0.05) is 29.8 Å². The van der Waals surface area contributed by atoms with Crippen LogP contribution in [0.4, 0.5) is 0 Å². The fraction of sp³-hybridized carbons (Fsp3) is 0.300. The van der Waals surface area contributed by atoms with Crippen LogP contribution in [0.1, 0.15) is 36.6 Å². The highest BCUT2D eigenvalue weighted by atomic mass is 16.5. The molecule has 3 aromatic rings. The quantitative estimate of drug-likeness (QED) is 0.750. The van der Waals surface area contributed by atoms with Crippen LogP contribution < -0.4 is 10.5 Å². The lowest BCUT2D eigenvalue weighted by Gasteiger charge is -2.09. The number of nitrogens with zero attached hydrogens (tertiary/aromatic N) is 1. The van der Waals surface area contributed by atoms with E-state index in [0.29, 0.717) is 19.2 Å². The number of fused-ring (bicyclic) bond motifs is 1. The topological polar surface area (TPSA) is 40.2 Å². The minimum absolute atomic E-state index is 0.402. The van der Waals surface area contributed by atoms with Gasteiger partial charge in [0, 0.05) is 35.2 Å². The van der Waals surface area contributed by atoms with Crippen LogP contribution in [0.25, 0.3) is 10.9 Å². The molecular weight excluding hydrogens is 284 g/mol. The zero-order valence-corrected chi connectivity index (χ0v) is 14.0. The van der Waals surface area contributed by atoms with Crippen molar-refractivity contribution < 1.29 is 4.74 Å². The second-order valence-electron chi connectivity index (χ2n) is 6.27. The smallest absolute Gasteiger partial charge is 0.119 e. The van der Waals surface area contributed by atoms with Crippen LogP contribution in [0.5, 0.6) is 5.75 Å². The molecule has 0 radical (unpaired) electrons. The van der Waals surface area contributed by atoms with Gasteiger partial charge in [-0.25, -0.2) is 0 Å². The SMILES string of the molecule is Cc1ccc(OCc2cn(C(C)C)c3cccc(CN)c23)cc1. The molecule has 23 heavy (non-hydrogen) atoms. The van der Waals surface area contributed by atoms with Crippen molar-refractivity contribution in [1.82, 2.24) is 4.57 Å². The Morgan fingerprint density at radius 2 is 1.78 bits per heavy atom. The van der Waals surface area contributed by atoms with Gasteiger partial charge in [-0.05, 0) is 44.5 Å². The first-order valence-corrected chi connectivity index (χ1v) is 8.11. The lowest BCUT2D eigenvalue weighted by atomic mass is 10.1. The molecule has 0 aliphatic rings. The van der Waals surface area contributed by atoms with Crippen molar-refractivity contribution in [2.24, 2.45) is 5.73 Å². The summed E-state index contributed by atoms with van der Waals surface area (Å²) in [6, 6.07) is 14.9. The molecule has 0 fully saturated rings. The van der Waals surface area contributed by atoms with Crippen LogP contribution in [-0.4, -0.2) is 4.57 Å². The maximum absolute atomic E-state index is 5.99. The van der Waals surface area contributed by atoms with Crippen molar-refractivity contribution in [3.63, 3.8) is 0 Å². The van der Waals surface area contributed by atoms with Gasteiger partial charge < -0.3 is 15.0 Å². The van der Waals surface area contributed by atoms with Crippen LogP contribution in [0, 0.1) is 6.92 Å². The number of ether oxygens (including phenoxy) is 1. The fourth-order valence-electron chi connectivity index (χ4n) is 2.98. The molecule has 120 valence electrons. The summed E-state index contributed by atoms with van der Waals surface area (Å²) >= 11 is 0. The Labute approximate surface area is 137 Å². The lowest BCUT2D eigenvalue weighted by Crippen LogP contribution is -2.00. The molecule has 0 bridgehead atoms. The number of nitrogens with two attached hydrogens (primary N) is 1. The van der Waals surface area contributed by atoms with Crippen molar-refractivity contribution in [2.45, 2.75) is 40.0 Å². The lowest BCUT2D eigenvalue weighted by molar-refractivity contribution is 0.307. The Hall–Kier alpha value is -2.26. The molecule has 3 nitrogen and oxygen atoms in total. The summed E-state index contributed by atoms with van der Waals surface area (Å²) in [5.74, 6) is 0.895. The van der Waals surface area contributed by atoms with Crippen molar-refractivity contribution in [1.29, 1.82) is 0 Å². The molecule has 0 aliphatic carbocycles. The Morgan fingerprint density at radius 3 is 2.43 bits per heavy atom. The molecule has 3 rings (SSSR count). The third-order valence-electron chi connectivity index (χ3n) is 4.21. The zero-order valence-electron chi connectivity index (χ0n) is 14.0. The van der Waals surface area contributed by atoms with Crippen molar-refractivity contribution in [2.75, 3.05) is 0 Å². The molecule has 0 spiro atoms. The molecule has 1 aromatic heterocycles. The normalized spacial score (nSPS) is 11.3. The van der Waals surface area contributed by atoms with E-state index >= 15 is 0 Å². The van der Waals surface area contributed by atoms with E-state index in [4.69, 9.17) is 10.5 Å². The highest BCUT2D eigenvalue weighted by molar-refractivity contribution is 5.87. The van der Waals surface area contributed by atoms with Gasteiger partial charge >= 0.3 is 0 Å². The van der Waals surface area contributed by atoms with Crippen molar-refractivity contribution in [3.8, 4) is 5.75 Å². The minimum atomic E-state index is 0.402. The van der Waals surface area contributed by atoms with Crippen LogP contribution in [0.2, 0.25) is 0 Å². The summed E-state index contributed by atoms with van der Waals surface area (Å²) in [6.07, 6.45) is 2.20. The van der Waals surface area contributed by atoms with Gasteiger partial charge in [0.25, 0.3) is 0 Å². The second-order valence-corrected chi connectivity index (χ2v) is 6.27. The number of benzene rings is 2. The van der Waals surface area contributed by atoms with Gasteiger partial charge in [0.15, 0.2) is 0 Å². The molecular formula is C20H24N2O. The summed E-state index contributed by atoms with van der Waals surface area (Å²) in [6.45, 7) is 7.55. The van der Waals surface area contributed by atoms with Gasteiger partial charge in [-0.2, -0.15) is 0 Å². The first kappa shape index (κ1) is 15.6. The average Bonchev–Trinajstić information content (AvgIpc) is 2.93. The second kappa shape index (κ2) is 6.47. The summed E-state index contributed by atoms with van der Waals surface area (Å²) < 4.78 is 8.29. The Morgan fingerprint density at radius 1 is 1.04 bits per heavy atom. The maximum Gasteiger partial charge on any atom is 0.119 e. The molecule has 3 heteroatoms. The van der Waals surface area contributed by atoms with E-state index in [1.807, 2.05) is 12.1 Å². The van der Waals surface area contributed by atoms with Gasteiger partial charge in [0.05, 0.1) is 0 Å². The first-order valence-electron chi connectivity index (χ1n) is 8.11. The molecule has 0 saturated heterocycles. The summed E-state index contributed by atoms with van der Waals surface area (Å²) in [5, 5.41) is 1.23. The molecule has 0 saturated carbocycles. The number of hydrogen-bond acceptors (Lipinski definition) is 2. The molecule has 1 heterocycles. The van der Waals surface area contributed by atoms with Crippen LogP contribution in [0.3, 0.4) is 0 Å². The maximum atomic E-state index is 5.99. The molecule has 2 N–H and O–H groups in total.